The number of amides is 2. The number of carbonyl (C=O) groups excluding carboxylic acids is 2. The molecule has 0 saturated carbocycles. The Kier molecular flexibility index (Phi) is 3.31. The van der Waals surface area contributed by atoms with Crippen LogP contribution < -0.4 is 9.64 Å². The van der Waals surface area contributed by atoms with Gasteiger partial charge >= 0.3 is 0 Å². The second-order valence-corrected chi connectivity index (χ2v) is 5.28. The van der Waals surface area contributed by atoms with E-state index in [1.807, 2.05) is 0 Å². The molecular weight excluding hydrogens is 304 g/mol. The molecule has 1 aromatic heterocycles. The Bertz CT molecular complexity index is 886. The van der Waals surface area contributed by atoms with E-state index in [1.54, 1.807) is 73.1 Å². The number of hydrogen-bond donors (Lipinski definition) is 0. The van der Waals surface area contributed by atoms with Gasteiger partial charge in [0.25, 0.3) is 11.8 Å². The monoisotopic (exact) mass is 316 g/mol. The van der Waals surface area contributed by atoms with Crippen molar-refractivity contribution in [2.75, 3.05) is 4.90 Å². The van der Waals surface area contributed by atoms with Crippen molar-refractivity contribution in [2.45, 2.75) is 0 Å². The van der Waals surface area contributed by atoms with Crippen molar-refractivity contribution in [2.24, 2.45) is 0 Å². The number of hydrogen-bond acceptors (Lipinski definition) is 4. The zero-order chi connectivity index (χ0) is 16.5. The van der Waals surface area contributed by atoms with E-state index in [2.05, 4.69) is 4.98 Å². The predicted molar refractivity (Wildman–Crippen MR) is 88.3 cm³/mol. The summed E-state index contributed by atoms with van der Waals surface area (Å²) in [4.78, 5) is 30.1. The number of nitrogens with zero attached hydrogens (tertiary/aromatic N) is 2. The summed E-state index contributed by atoms with van der Waals surface area (Å²) in [5.41, 5.74) is 1.37. The average molecular weight is 316 g/mol. The van der Waals surface area contributed by atoms with Crippen LogP contribution >= 0.6 is 0 Å². The molecule has 0 spiro atoms. The fourth-order valence-corrected chi connectivity index (χ4v) is 2.63. The number of carbonyl (C=O) groups is 2. The molecule has 2 amide bonds. The molecule has 0 atom stereocenters. The number of rotatable bonds is 3. The van der Waals surface area contributed by atoms with Gasteiger partial charge in [-0.1, -0.05) is 12.1 Å². The van der Waals surface area contributed by atoms with Crippen molar-refractivity contribution in [1.29, 1.82) is 0 Å². The Morgan fingerprint density at radius 3 is 2.00 bits per heavy atom. The normalized spacial score (nSPS) is 13.1. The standard InChI is InChI=1S/C19H12N2O3/c22-18-16-5-1-2-6-17(16)19(23)21(18)13-7-9-14(10-8-13)24-15-4-3-11-20-12-15/h1-12H. The molecule has 0 fully saturated rings. The maximum atomic E-state index is 12.4. The van der Waals surface area contributed by atoms with Crippen LogP contribution in [0.2, 0.25) is 0 Å². The minimum Gasteiger partial charge on any atom is -0.456 e. The van der Waals surface area contributed by atoms with E-state index in [0.29, 0.717) is 28.3 Å². The number of ether oxygens (including phenoxy) is 1. The maximum Gasteiger partial charge on any atom is 0.266 e. The summed E-state index contributed by atoms with van der Waals surface area (Å²) >= 11 is 0. The highest BCUT2D eigenvalue weighted by molar-refractivity contribution is 6.34. The number of imide groups is 1. The molecule has 5 nitrogen and oxygen atoms in total. The van der Waals surface area contributed by atoms with Crippen molar-refractivity contribution in [3.63, 3.8) is 0 Å². The van der Waals surface area contributed by atoms with Crippen LogP contribution in [0.1, 0.15) is 20.7 Å². The molecule has 116 valence electrons. The predicted octanol–water partition coefficient (Wildman–Crippen LogP) is 3.67. The lowest BCUT2D eigenvalue weighted by atomic mass is 10.1. The molecule has 0 N–H and O–H groups in total. The summed E-state index contributed by atoms with van der Waals surface area (Å²) < 4.78 is 5.66. The van der Waals surface area contributed by atoms with Gasteiger partial charge in [0.15, 0.2) is 0 Å². The third kappa shape index (κ3) is 2.32. The largest absolute Gasteiger partial charge is 0.456 e. The Labute approximate surface area is 138 Å². The van der Waals surface area contributed by atoms with Crippen molar-refractivity contribution < 1.29 is 14.3 Å². The molecule has 0 aliphatic carbocycles. The molecule has 1 aliphatic rings. The highest BCUT2D eigenvalue weighted by Gasteiger charge is 2.36. The van der Waals surface area contributed by atoms with Gasteiger partial charge in [0, 0.05) is 6.20 Å². The number of anilines is 1. The minimum absolute atomic E-state index is 0.309. The first-order valence-electron chi connectivity index (χ1n) is 7.40. The highest BCUT2D eigenvalue weighted by Crippen LogP contribution is 2.30. The number of aromatic nitrogens is 1. The van der Waals surface area contributed by atoms with Gasteiger partial charge in [0.2, 0.25) is 0 Å². The smallest absolute Gasteiger partial charge is 0.266 e. The lowest BCUT2D eigenvalue weighted by molar-refractivity contribution is 0.0926. The number of pyridine rings is 1. The van der Waals surface area contributed by atoms with Crippen LogP contribution in [0, 0.1) is 0 Å². The summed E-state index contributed by atoms with van der Waals surface area (Å²) in [5, 5.41) is 0. The molecule has 3 aromatic rings. The van der Waals surface area contributed by atoms with Crippen molar-refractivity contribution in [3.05, 3.63) is 84.2 Å². The topological polar surface area (TPSA) is 59.5 Å². The second kappa shape index (κ2) is 5.62. The van der Waals surface area contributed by atoms with Gasteiger partial charge in [-0.2, -0.15) is 0 Å². The first-order valence-corrected chi connectivity index (χ1v) is 7.40. The van der Waals surface area contributed by atoms with Gasteiger partial charge in [0.05, 0.1) is 23.0 Å². The quantitative estimate of drug-likeness (QED) is 0.692. The van der Waals surface area contributed by atoms with Crippen LogP contribution in [0.4, 0.5) is 5.69 Å². The lowest BCUT2D eigenvalue weighted by Gasteiger charge is -2.14. The van der Waals surface area contributed by atoms with Gasteiger partial charge in [0.1, 0.15) is 11.5 Å². The zero-order valence-corrected chi connectivity index (χ0v) is 12.5. The van der Waals surface area contributed by atoms with Gasteiger partial charge in [-0.25, -0.2) is 4.90 Å². The van der Waals surface area contributed by atoms with Gasteiger partial charge < -0.3 is 4.74 Å². The van der Waals surface area contributed by atoms with E-state index in [9.17, 15) is 9.59 Å². The third-order valence-corrected chi connectivity index (χ3v) is 3.76. The van der Waals surface area contributed by atoms with Gasteiger partial charge in [-0.15, -0.1) is 0 Å². The first kappa shape index (κ1) is 14.1. The van der Waals surface area contributed by atoms with Crippen molar-refractivity contribution >= 4 is 17.5 Å². The van der Waals surface area contributed by atoms with E-state index in [1.165, 1.54) is 4.90 Å². The van der Waals surface area contributed by atoms with Gasteiger partial charge in [-0.3, -0.25) is 14.6 Å². The summed E-state index contributed by atoms with van der Waals surface area (Å²) in [6, 6.07) is 17.2. The molecule has 2 aromatic carbocycles. The molecular formula is C19H12N2O3. The molecule has 4 rings (SSSR count). The number of benzene rings is 2. The summed E-state index contributed by atoms with van der Waals surface area (Å²) in [6.45, 7) is 0. The summed E-state index contributed by atoms with van der Waals surface area (Å²) in [6.07, 6.45) is 3.27. The van der Waals surface area contributed by atoms with E-state index < -0.39 is 0 Å². The molecule has 0 radical (unpaired) electrons. The van der Waals surface area contributed by atoms with Crippen molar-refractivity contribution in [3.8, 4) is 11.5 Å². The molecule has 5 heteroatoms. The maximum absolute atomic E-state index is 12.4. The molecule has 2 heterocycles. The fourth-order valence-electron chi connectivity index (χ4n) is 2.63. The van der Waals surface area contributed by atoms with E-state index in [0.717, 1.165) is 0 Å². The number of fused-ring (bicyclic) bond motifs is 1. The second-order valence-electron chi connectivity index (χ2n) is 5.28. The fraction of sp³-hybridized carbons (Fsp3) is 0. The minimum atomic E-state index is -0.309. The van der Waals surface area contributed by atoms with Crippen molar-refractivity contribution in [1.82, 2.24) is 4.98 Å². The molecule has 0 bridgehead atoms. The van der Waals surface area contributed by atoms with E-state index in [4.69, 9.17) is 4.74 Å². The van der Waals surface area contributed by atoms with E-state index >= 15 is 0 Å². The lowest BCUT2D eigenvalue weighted by Crippen LogP contribution is -2.29. The SMILES string of the molecule is O=C1c2ccccc2C(=O)N1c1ccc(Oc2cccnc2)cc1. The van der Waals surface area contributed by atoms with Crippen LogP contribution in [-0.4, -0.2) is 16.8 Å². The average Bonchev–Trinajstić information content (AvgIpc) is 2.88. The Hall–Kier alpha value is -3.47. The molecule has 0 saturated heterocycles. The Morgan fingerprint density at radius 1 is 0.750 bits per heavy atom. The third-order valence-electron chi connectivity index (χ3n) is 3.76. The van der Waals surface area contributed by atoms with Crippen LogP contribution in [-0.2, 0) is 0 Å². The Morgan fingerprint density at radius 2 is 1.42 bits per heavy atom. The molecule has 1 aliphatic heterocycles. The molecule has 24 heavy (non-hydrogen) atoms. The molecule has 0 unspecified atom stereocenters. The van der Waals surface area contributed by atoms with E-state index in [-0.39, 0.29) is 11.8 Å². The summed E-state index contributed by atoms with van der Waals surface area (Å²) in [7, 11) is 0. The Balaban J connectivity index is 1.60. The van der Waals surface area contributed by atoms with Crippen LogP contribution in [0.25, 0.3) is 0 Å². The van der Waals surface area contributed by atoms with Crippen LogP contribution in [0.3, 0.4) is 0 Å². The van der Waals surface area contributed by atoms with Gasteiger partial charge in [-0.05, 0) is 48.5 Å². The summed E-state index contributed by atoms with van der Waals surface area (Å²) in [5.74, 6) is 0.599. The zero-order valence-electron chi connectivity index (χ0n) is 12.5. The highest BCUT2D eigenvalue weighted by atomic mass is 16.5. The van der Waals surface area contributed by atoms with Crippen LogP contribution in [0.15, 0.2) is 73.1 Å². The first-order chi connectivity index (χ1) is 11.7. The van der Waals surface area contributed by atoms with Crippen LogP contribution in [0.5, 0.6) is 11.5 Å².